The zero-order valence-electron chi connectivity index (χ0n) is 16.6. The van der Waals surface area contributed by atoms with E-state index < -0.39 is 4.92 Å². The Hall–Kier alpha value is -4.27. The second-order valence-corrected chi connectivity index (χ2v) is 6.91. The van der Waals surface area contributed by atoms with Crippen LogP contribution >= 0.6 is 0 Å². The second-order valence-electron chi connectivity index (χ2n) is 6.91. The molecular weight excluding hydrogens is 396 g/mol. The number of carbonyl (C=O) groups is 1. The SMILES string of the molecule is O=C(CCCNc1ccc([N+](=O)[O-])cc1)Nc1ccc(-c2cn3cccnc3n2)cc1. The van der Waals surface area contributed by atoms with E-state index in [4.69, 9.17) is 0 Å². The van der Waals surface area contributed by atoms with E-state index in [2.05, 4.69) is 20.6 Å². The minimum absolute atomic E-state index is 0.0498. The summed E-state index contributed by atoms with van der Waals surface area (Å²) in [7, 11) is 0. The molecule has 0 radical (unpaired) electrons. The van der Waals surface area contributed by atoms with Gasteiger partial charge in [-0.25, -0.2) is 9.97 Å². The summed E-state index contributed by atoms with van der Waals surface area (Å²) in [6.45, 7) is 0.589. The van der Waals surface area contributed by atoms with Gasteiger partial charge in [-0.1, -0.05) is 12.1 Å². The summed E-state index contributed by atoms with van der Waals surface area (Å²) in [6.07, 6.45) is 6.50. The summed E-state index contributed by atoms with van der Waals surface area (Å²) in [6, 6.07) is 15.6. The van der Waals surface area contributed by atoms with Gasteiger partial charge in [0, 0.05) is 60.6 Å². The molecule has 0 unspecified atom stereocenters. The molecule has 0 aliphatic carbocycles. The van der Waals surface area contributed by atoms with Gasteiger partial charge in [0.05, 0.1) is 10.6 Å². The zero-order valence-corrected chi connectivity index (χ0v) is 16.6. The summed E-state index contributed by atoms with van der Waals surface area (Å²) in [5.74, 6) is 0.562. The molecule has 9 heteroatoms. The highest BCUT2D eigenvalue weighted by molar-refractivity contribution is 5.91. The Bertz CT molecular complexity index is 1170. The molecule has 0 atom stereocenters. The van der Waals surface area contributed by atoms with Crippen molar-refractivity contribution >= 4 is 28.7 Å². The van der Waals surface area contributed by atoms with Gasteiger partial charge in [-0.05, 0) is 36.8 Å². The van der Waals surface area contributed by atoms with Crippen molar-refractivity contribution in [2.24, 2.45) is 0 Å². The minimum atomic E-state index is -0.435. The number of nitrogens with one attached hydrogen (secondary N) is 2. The number of aromatic nitrogens is 3. The van der Waals surface area contributed by atoms with Crippen LogP contribution in [0.15, 0.2) is 73.2 Å². The molecule has 4 rings (SSSR count). The normalized spacial score (nSPS) is 10.7. The summed E-state index contributed by atoms with van der Waals surface area (Å²) in [4.78, 5) is 31.1. The predicted molar refractivity (Wildman–Crippen MR) is 118 cm³/mol. The van der Waals surface area contributed by atoms with Crippen molar-refractivity contribution in [3.8, 4) is 11.3 Å². The van der Waals surface area contributed by atoms with E-state index in [0.29, 0.717) is 25.2 Å². The lowest BCUT2D eigenvalue weighted by Gasteiger charge is -2.08. The summed E-state index contributed by atoms with van der Waals surface area (Å²) in [5, 5.41) is 16.7. The van der Waals surface area contributed by atoms with Gasteiger partial charge < -0.3 is 10.6 Å². The van der Waals surface area contributed by atoms with E-state index in [1.807, 2.05) is 47.1 Å². The molecule has 31 heavy (non-hydrogen) atoms. The summed E-state index contributed by atoms with van der Waals surface area (Å²) in [5.41, 5.74) is 3.31. The molecule has 2 heterocycles. The van der Waals surface area contributed by atoms with Crippen LogP contribution in [0.5, 0.6) is 0 Å². The van der Waals surface area contributed by atoms with Gasteiger partial charge in [-0.3, -0.25) is 19.3 Å². The topological polar surface area (TPSA) is 114 Å². The third-order valence-electron chi connectivity index (χ3n) is 4.69. The quantitative estimate of drug-likeness (QED) is 0.253. The lowest BCUT2D eigenvalue weighted by molar-refractivity contribution is -0.384. The second kappa shape index (κ2) is 9.04. The van der Waals surface area contributed by atoms with Crippen LogP contribution in [0.25, 0.3) is 17.0 Å². The zero-order chi connectivity index (χ0) is 21.6. The van der Waals surface area contributed by atoms with E-state index >= 15 is 0 Å². The van der Waals surface area contributed by atoms with Crippen molar-refractivity contribution in [3.63, 3.8) is 0 Å². The van der Waals surface area contributed by atoms with E-state index in [-0.39, 0.29) is 11.6 Å². The smallest absolute Gasteiger partial charge is 0.269 e. The molecule has 0 spiro atoms. The van der Waals surface area contributed by atoms with Crippen molar-refractivity contribution in [2.45, 2.75) is 12.8 Å². The van der Waals surface area contributed by atoms with Crippen molar-refractivity contribution in [1.29, 1.82) is 0 Å². The van der Waals surface area contributed by atoms with Gasteiger partial charge in [0.25, 0.3) is 5.69 Å². The van der Waals surface area contributed by atoms with Crippen molar-refractivity contribution in [1.82, 2.24) is 14.4 Å². The number of non-ortho nitro benzene ring substituents is 1. The van der Waals surface area contributed by atoms with E-state index in [1.54, 1.807) is 18.3 Å². The molecular formula is C22H20N6O3. The lowest BCUT2D eigenvalue weighted by Crippen LogP contribution is -2.13. The van der Waals surface area contributed by atoms with Crippen molar-refractivity contribution < 1.29 is 9.72 Å². The number of nitrogens with zero attached hydrogens (tertiary/aromatic N) is 4. The van der Waals surface area contributed by atoms with Gasteiger partial charge in [-0.15, -0.1) is 0 Å². The molecule has 2 N–H and O–H groups in total. The molecule has 0 aliphatic heterocycles. The fourth-order valence-electron chi connectivity index (χ4n) is 3.10. The highest BCUT2D eigenvalue weighted by Crippen LogP contribution is 2.21. The first-order valence-electron chi connectivity index (χ1n) is 9.77. The summed E-state index contributed by atoms with van der Waals surface area (Å²) >= 11 is 0. The van der Waals surface area contributed by atoms with Crippen molar-refractivity contribution in [2.75, 3.05) is 17.2 Å². The summed E-state index contributed by atoms with van der Waals surface area (Å²) < 4.78 is 1.86. The highest BCUT2D eigenvalue weighted by Gasteiger charge is 2.07. The van der Waals surface area contributed by atoms with Crippen LogP contribution in [0, 0.1) is 10.1 Å². The predicted octanol–water partition coefficient (Wildman–Crippen LogP) is 4.14. The first-order valence-corrected chi connectivity index (χ1v) is 9.77. The molecule has 9 nitrogen and oxygen atoms in total. The molecule has 1 amide bonds. The van der Waals surface area contributed by atoms with Gasteiger partial charge in [-0.2, -0.15) is 0 Å². The number of benzene rings is 2. The van der Waals surface area contributed by atoms with Gasteiger partial charge in [0.1, 0.15) is 0 Å². The van der Waals surface area contributed by atoms with Crippen molar-refractivity contribution in [3.05, 3.63) is 83.3 Å². The first kappa shape index (κ1) is 20.0. The van der Waals surface area contributed by atoms with E-state index in [9.17, 15) is 14.9 Å². The number of rotatable bonds is 8. The number of hydrogen-bond donors (Lipinski definition) is 2. The van der Waals surface area contributed by atoms with Crippen LogP contribution in [0.1, 0.15) is 12.8 Å². The van der Waals surface area contributed by atoms with Gasteiger partial charge >= 0.3 is 0 Å². The number of hydrogen-bond acceptors (Lipinski definition) is 6. The largest absolute Gasteiger partial charge is 0.385 e. The van der Waals surface area contributed by atoms with Crippen LogP contribution < -0.4 is 10.6 Å². The van der Waals surface area contributed by atoms with Gasteiger partial charge in [0.2, 0.25) is 11.7 Å². The first-order chi connectivity index (χ1) is 15.1. The molecule has 0 aliphatic rings. The molecule has 2 aromatic heterocycles. The van der Waals surface area contributed by atoms with Crippen LogP contribution in [-0.4, -0.2) is 31.7 Å². The standard InChI is InChI=1S/C22H20N6O3/c29-21(3-1-12-23-17-8-10-19(11-9-17)28(30)31)25-18-6-4-16(5-7-18)20-15-27-14-2-13-24-22(27)26-20/h2,4-11,13-15,23H,1,3,12H2,(H,25,29). The molecule has 0 saturated heterocycles. The van der Waals surface area contributed by atoms with E-state index in [0.717, 1.165) is 22.6 Å². The Morgan fingerprint density at radius 1 is 1.06 bits per heavy atom. The number of amides is 1. The van der Waals surface area contributed by atoms with Crippen LogP contribution in [-0.2, 0) is 4.79 Å². The molecule has 2 aromatic carbocycles. The number of carbonyl (C=O) groups excluding carboxylic acids is 1. The molecule has 156 valence electrons. The van der Waals surface area contributed by atoms with Crippen LogP contribution in [0.3, 0.4) is 0 Å². The monoisotopic (exact) mass is 416 g/mol. The Balaban J connectivity index is 1.24. The molecule has 0 saturated carbocycles. The van der Waals surface area contributed by atoms with Crippen LogP contribution in [0.4, 0.5) is 17.1 Å². The third-order valence-corrected chi connectivity index (χ3v) is 4.69. The Labute approximate surface area is 177 Å². The van der Waals surface area contributed by atoms with Crippen LogP contribution in [0.2, 0.25) is 0 Å². The Morgan fingerprint density at radius 3 is 2.52 bits per heavy atom. The average Bonchev–Trinajstić information content (AvgIpc) is 3.22. The average molecular weight is 416 g/mol. The number of fused-ring (bicyclic) bond motifs is 1. The third kappa shape index (κ3) is 5.02. The van der Waals surface area contributed by atoms with Gasteiger partial charge in [0.15, 0.2) is 0 Å². The fraction of sp³-hybridized carbons (Fsp3) is 0.136. The van der Waals surface area contributed by atoms with E-state index in [1.165, 1.54) is 12.1 Å². The maximum absolute atomic E-state index is 12.2. The highest BCUT2D eigenvalue weighted by atomic mass is 16.6. The number of nitro groups is 1. The number of imidazole rings is 1. The molecule has 0 bridgehead atoms. The maximum Gasteiger partial charge on any atom is 0.269 e. The Morgan fingerprint density at radius 2 is 1.81 bits per heavy atom. The maximum atomic E-state index is 12.2. The minimum Gasteiger partial charge on any atom is -0.385 e. The number of anilines is 2. The Kier molecular flexibility index (Phi) is 5.84. The number of nitro benzene ring substituents is 1. The molecule has 4 aromatic rings. The molecule has 0 fully saturated rings. The fourth-order valence-corrected chi connectivity index (χ4v) is 3.10. The lowest BCUT2D eigenvalue weighted by atomic mass is 10.1.